The average molecular weight is 534 g/mol. The second-order valence-electron chi connectivity index (χ2n) is 10.3. The standard InChI is InChI=1S/C30H36FN5O3/c1-20(2)22-10-12-24(13-11-22)29(23-8-6-5-7-9-23)32-30(39)26-18-25(31)19-36(26)28(38)15-17-35(21(3)37)27-14-16-34(4)33-27/h5-14,16,20,25-26,29H,15,17-19H2,1-4H3,(H,32,39)/t25-,26+,29+/m1/s1. The Kier molecular flexibility index (Phi) is 8.79. The zero-order valence-corrected chi connectivity index (χ0v) is 22.9. The molecule has 0 spiro atoms. The molecule has 1 saturated heterocycles. The van der Waals surface area contributed by atoms with Gasteiger partial charge in [0.2, 0.25) is 17.7 Å². The molecule has 3 amide bonds. The number of rotatable bonds is 9. The molecule has 1 aliphatic heterocycles. The summed E-state index contributed by atoms with van der Waals surface area (Å²) in [4.78, 5) is 41.7. The Morgan fingerprint density at radius 1 is 1.03 bits per heavy atom. The molecule has 0 unspecified atom stereocenters. The Labute approximate surface area is 228 Å². The number of aromatic nitrogens is 2. The molecule has 0 radical (unpaired) electrons. The van der Waals surface area contributed by atoms with Gasteiger partial charge >= 0.3 is 0 Å². The van der Waals surface area contributed by atoms with Crippen molar-refractivity contribution in [2.75, 3.05) is 18.0 Å². The second kappa shape index (κ2) is 12.2. The van der Waals surface area contributed by atoms with E-state index in [1.807, 2.05) is 54.6 Å². The van der Waals surface area contributed by atoms with E-state index < -0.39 is 24.2 Å². The Balaban J connectivity index is 1.50. The van der Waals surface area contributed by atoms with Crippen LogP contribution in [0, 0.1) is 0 Å². The molecule has 3 atom stereocenters. The first-order valence-electron chi connectivity index (χ1n) is 13.3. The van der Waals surface area contributed by atoms with Crippen molar-refractivity contribution in [3.05, 3.63) is 83.6 Å². The fourth-order valence-electron chi connectivity index (χ4n) is 4.96. The molecule has 8 nitrogen and oxygen atoms in total. The summed E-state index contributed by atoms with van der Waals surface area (Å²) < 4.78 is 16.2. The van der Waals surface area contributed by atoms with Gasteiger partial charge in [0.1, 0.15) is 12.2 Å². The number of carbonyl (C=O) groups excluding carboxylic acids is 3. The summed E-state index contributed by atoms with van der Waals surface area (Å²) in [7, 11) is 1.74. The molecule has 1 aliphatic rings. The van der Waals surface area contributed by atoms with Gasteiger partial charge in [-0.3, -0.25) is 24.0 Å². The van der Waals surface area contributed by atoms with Crippen molar-refractivity contribution in [3.8, 4) is 0 Å². The number of amides is 3. The van der Waals surface area contributed by atoms with E-state index in [2.05, 4.69) is 24.3 Å². The number of nitrogens with zero attached hydrogens (tertiary/aromatic N) is 4. The number of hydrogen-bond acceptors (Lipinski definition) is 4. The molecule has 39 heavy (non-hydrogen) atoms. The highest BCUT2D eigenvalue weighted by molar-refractivity contribution is 5.92. The first kappa shape index (κ1) is 28.0. The Morgan fingerprint density at radius 3 is 2.26 bits per heavy atom. The SMILES string of the molecule is CC(=O)N(CCC(=O)N1C[C@H](F)C[C@H]1C(=O)N[C@@H](c1ccccc1)c1ccc(C(C)C)cc1)c1ccn(C)n1. The van der Waals surface area contributed by atoms with Crippen LogP contribution in [0.5, 0.6) is 0 Å². The number of carbonyl (C=O) groups is 3. The summed E-state index contributed by atoms with van der Waals surface area (Å²) >= 11 is 0. The van der Waals surface area contributed by atoms with Crippen LogP contribution in [0.2, 0.25) is 0 Å². The highest BCUT2D eigenvalue weighted by atomic mass is 19.1. The Hall–Kier alpha value is -4.01. The fraction of sp³-hybridized carbons (Fsp3) is 0.400. The summed E-state index contributed by atoms with van der Waals surface area (Å²) in [5.41, 5.74) is 2.98. The first-order valence-corrected chi connectivity index (χ1v) is 13.3. The minimum Gasteiger partial charge on any atom is -0.343 e. The average Bonchev–Trinajstić information content (AvgIpc) is 3.53. The number of anilines is 1. The zero-order chi connectivity index (χ0) is 28.1. The van der Waals surface area contributed by atoms with Crippen LogP contribution in [-0.4, -0.2) is 57.7 Å². The van der Waals surface area contributed by atoms with Crippen molar-refractivity contribution in [3.63, 3.8) is 0 Å². The molecular weight excluding hydrogens is 497 g/mol. The van der Waals surface area contributed by atoms with Gasteiger partial charge in [0, 0.05) is 45.6 Å². The molecule has 4 rings (SSSR count). The van der Waals surface area contributed by atoms with Crippen LogP contribution in [0.4, 0.5) is 10.2 Å². The van der Waals surface area contributed by atoms with Gasteiger partial charge in [-0.1, -0.05) is 68.4 Å². The third-order valence-corrected chi connectivity index (χ3v) is 7.13. The van der Waals surface area contributed by atoms with Crippen LogP contribution in [0.15, 0.2) is 66.9 Å². The quantitative estimate of drug-likeness (QED) is 0.448. The van der Waals surface area contributed by atoms with Crippen molar-refractivity contribution < 1.29 is 18.8 Å². The minimum atomic E-state index is -1.30. The largest absolute Gasteiger partial charge is 0.343 e. The van der Waals surface area contributed by atoms with Gasteiger partial charge in [0.05, 0.1) is 12.6 Å². The normalized spacial score (nSPS) is 17.7. The number of benzene rings is 2. The van der Waals surface area contributed by atoms with Gasteiger partial charge in [0.25, 0.3) is 0 Å². The van der Waals surface area contributed by atoms with Crippen molar-refractivity contribution >= 4 is 23.5 Å². The Bertz CT molecular complexity index is 1290. The van der Waals surface area contributed by atoms with Gasteiger partial charge in [-0.2, -0.15) is 5.10 Å². The van der Waals surface area contributed by atoms with Gasteiger partial charge in [-0.15, -0.1) is 0 Å². The van der Waals surface area contributed by atoms with E-state index in [9.17, 15) is 18.8 Å². The lowest BCUT2D eigenvalue weighted by Gasteiger charge is -2.28. The molecule has 0 saturated carbocycles. The van der Waals surface area contributed by atoms with E-state index >= 15 is 0 Å². The number of likely N-dealkylation sites (tertiary alicyclic amines) is 1. The summed E-state index contributed by atoms with van der Waals surface area (Å²) in [6.45, 7) is 5.58. The highest BCUT2D eigenvalue weighted by Crippen LogP contribution is 2.27. The number of hydrogen-bond donors (Lipinski definition) is 1. The van der Waals surface area contributed by atoms with Crippen LogP contribution >= 0.6 is 0 Å². The lowest BCUT2D eigenvalue weighted by atomic mass is 9.95. The van der Waals surface area contributed by atoms with Crippen LogP contribution in [0.3, 0.4) is 0 Å². The number of halogens is 1. The second-order valence-corrected chi connectivity index (χ2v) is 10.3. The fourth-order valence-corrected chi connectivity index (χ4v) is 4.96. The topological polar surface area (TPSA) is 87.5 Å². The third-order valence-electron chi connectivity index (χ3n) is 7.13. The smallest absolute Gasteiger partial charge is 0.243 e. The van der Waals surface area contributed by atoms with Crippen LogP contribution in [0.25, 0.3) is 0 Å². The van der Waals surface area contributed by atoms with E-state index in [4.69, 9.17) is 0 Å². The van der Waals surface area contributed by atoms with Gasteiger partial charge in [-0.05, 0) is 22.6 Å². The molecular formula is C30H36FN5O3. The summed E-state index contributed by atoms with van der Waals surface area (Å²) in [5, 5.41) is 7.32. The van der Waals surface area contributed by atoms with Crippen molar-refractivity contribution in [1.82, 2.24) is 20.0 Å². The summed E-state index contributed by atoms with van der Waals surface area (Å²) in [6.07, 6.45) is 0.291. The molecule has 3 aromatic rings. The number of nitrogens with one attached hydrogen (secondary N) is 1. The molecule has 2 aromatic carbocycles. The van der Waals surface area contributed by atoms with Gasteiger partial charge < -0.3 is 10.2 Å². The highest BCUT2D eigenvalue weighted by Gasteiger charge is 2.40. The van der Waals surface area contributed by atoms with Crippen LogP contribution in [0.1, 0.15) is 62.3 Å². The van der Waals surface area contributed by atoms with E-state index in [0.29, 0.717) is 11.7 Å². The molecule has 1 N–H and O–H groups in total. The van der Waals surface area contributed by atoms with E-state index in [1.165, 1.54) is 22.3 Å². The molecule has 9 heteroatoms. The molecule has 1 aromatic heterocycles. The molecule has 2 heterocycles. The lowest BCUT2D eigenvalue weighted by Crippen LogP contribution is -2.47. The van der Waals surface area contributed by atoms with Crippen molar-refractivity contribution in [2.24, 2.45) is 7.05 Å². The van der Waals surface area contributed by atoms with E-state index in [1.54, 1.807) is 24.0 Å². The maximum atomic E-state index is 14.6. The maximum Gasteiger partial charge on any atom is 0.243 e. The lowest BCUT2D eigenvalue weighted by molar-refractivity contribution is -0.138. The number of alkyl halides is 1. The van der Waals surface area contributed by atoms with Crippen LogP contribution < -0.4 is 10.2 Å². The third kappa shape index (κ3) is 6.71. The van der Waals surface area contributed by atoms with Crippen molar-refractivity contribution in [2.45, 2.75) is 57.8 Å². The van der Waals surface area contributed by atoms with E-state index in [0.717, 1.165) is 11.1 Å². The monoisotopic (exact) mass is 533 g/mol. The summed E-state index contributed by atoms with van der Waals surface area (Å²) in [5.74, 6) is -0.228. The predicted molar refractivity (Wildman–Crippen MR) is 148 cm³/mol. The molecule has 0 aliphatic carbocycles. The van der Waals surface area contributed by atoms with Crippen molar-refractivity contribution in [1.29, 1.82) is 0 Å². The molecule has 0 bridgehead atoms. The van der Waals surface area contributed by atoms with E-state index in [-0.39, 0.29) is 37.7 Å². The van der Waals surface area contributed by atoms with Gasteiger partial charge in [-0.25, -0.2) is 4.39 Å². The predicted octanol–water partition coefficient (Wildman–Crippen LogP) is 4.13. The first-order chi connectivity index (χ1) is 18.6. The van der Waals surface area contributed by atoms with Crippen LogP contribution in [-0.2, 0) is 21.4 Å². The molecule has 1 fully saturated rings. The Morgan fingerprint density at radius 2 is 1.67 bits per heavy atom. The summed E-state index contributed by atoms with van der Waals surface area (Å²) in [6, 6.07) is 18.0. The zero-order valence-electron chi connectivity index (χ0n) is 22.9. The minimum absolute atomic E-state index is 0.0502. The maximum absolute atomic E-state index is 14.6. The van der Waals surface area contributed by atoms with Gasteiger partial charge in [0.15, 0.2) is 5.82 Å². The number of aryl methyl sites for hydroxylation is 1. The molecule has 206 valence electrons.